The highest BCUT2D eigenvalue weighted by Gasteiger charge is 2.36. The maximum Gasteiger partial charge on any atom is 0.419 e. The molecule has 0 aliphatic carbocycles. The van der Waals surface area contributed by atoms with Gasteiger partial charge in [-0.2, -0.15) is 17.5 Å². The van der Waals surface area contributed by atoms with Crippen molar-refractivity contribution in [3.05, 3.63) is 65.2 Å². The molecule has 3 aromatic rings. The van der Waals surface area contributed by atoms with Crippen LogP contribution in [0, 0.1) is 23.4 Å². The molecule has 0 bridgehead atoms. The number of benzene rings is 2. The minimum atomic E-state index is -4.87. The Morgan fingerprint density at radius 2 is 1.89 bits per heavy atom. The van der Waals surface area contributed by atoms with E-state index in [1.807, 2.05) is 4.72 Å². The second kappa shape index (κ2) is 10.2. The van der Waals surface area contributed by atoms with Crippen LogP contribution in [-0.4, -0.2) is 37.5 Å². The Hall–Kier alpha value is -2.91. The molecule has 0 radical (unpaired) electrons. The summed E-state index contributed by atoms with van der Waals surface area (Å²) < 4.78 is 118. The molecule has 1 aliphatic rings. The van der Waals surface area contributed by atoms with Crippen molar-refractivity contribution in [1.29, 1.82) is 0 Å². The summed E-state index contributed by atoms with van der Waals surface area (Å²) in [7, 11) is -4.50. The first kappa shape index (κ1) is 26.2. The molecule has 15 heteroatoms. The molecule has 1 fully saturated rings. The molecule has 7 nitrogen and oxygen atoms in total. The molecule has 194 valence electrons. The van der Waals surface area contributed by atoms with Gasteiger partial charge in [0.25, 0.3) is 10.0 Å². The summed E-state index contributed by atoms with van der Waals surface area (Å²) in [6.45, 7) is 0.560. The van der Waals surface area contributed by atoms with Crippen molar-refractivity contribution >= 4 is 26.7 Å². The molecular weight excluding hydrogens is 534 g/mol. The summed E-state index contributed by atoms with van der Waals surface area (Å²) in [6.07, 6.45) is -3.38. The smallest absolute Gasteiger partial charge is 0.419 e. The maximum atomic E-state index is 14.7. The van der Waals surface area contributed by atoms with E-state index < -0.39 is 61.7 Å². The Morgan fingerprint density at radius 1 is 1.11 bits per heavy atom. The molecule has 0 amide bonds. The molecule has 2 heterocycles. The van der Waals surface area contributed by atoms with Crippen LogP contribution in [0.2, 0.25) is 0 Å². The van der Waals surface area contributed by atoms with E-state index in [1.54, 1.807) is 0 Å². The largest absolute Gasteiger partial charge is 0.490 e. The van der Waals surface area contributed by atoms with Crippen molar-refractivity contribution in [3.8, 4) is 5.75 Å². The number of piperidine rings is 1. The van der Waals surface area contributed by atoms with E-state index in [-0.39, 0.29) is 17.3 Å². The van der Waals surface area contributed by atoms with Gasteiger partial charge in [0, 0.05) is 36.1 Å². The number of aromatic nitrogens is 2. The van der Waals surface area contributed by atoms with Crippen molar-refractivity contribution in [2.24, 2.45) is 5.92 Å². The number of hydrogen-bond acceptors (Lipinski definition) is 7. The van der Waals surface area contributed by atoms with Gasteiger partial charge in [0.05, 0.1) is 12.2 Å². The van der Waals surface area contributed by atoms with E-state index >= 15 is 0 Å². The highest BCUT2D eigenvalue weighted by Crippen LogP contribution is 2.37. The third kappa shape index (κ3) is 5.73. The van der Waals surface area contributed by atoms with Gasteiger partial charge in [-0.1, -0.05) is 6.07 Å². The van der Waals surface area contributed by atoms with Crippen molar-refractivity contribution < 1.29 is 39.5 Å². The van der Waals surface area contributed by atoms with Crippen LogP contribution in [0.5, 0.6) is 5.75 Å². The lowest BCUT2D eigenvalue weighted by molar-refractivity contribution is -0.140. The van der Waals surface area contributed by atoms with Crippen LogP contribution in [0.15, 0.2) is 41.6 Å². The second-order valence-corrected chi connectivity index (χ2v) is 10.4. The number of nitrogens with zero attached hydrogens (tertiary/aromatic N) is 2. The fourth-order valence-corrected chi connectivity index (χ4v) is 5.67. The zero-order valence-corrected chi connectivity index (χ0v) is 19.8. The number of rotatable bonds is 7. The van der Waals surface area contributed by atoms with Crippen LogP contribution in [-0.2, 0) is 16.2 Å². The molecule has 2 aromatic carbocycles. The molecule has 4 rings (SSSR count). The van der Waals surface area contributed by atoms with Crippen molar-refractivity contribution in [1.82, 2.24) is 14.7 Å². The summed E-state index contributed by atoms with van der Waals surface area (Å²) >= 11 is 0.701. The van der Waals surface area contributed by atoms with E-state index in [9.17, 15) is 34.8 Å². The average Bonchev–Trinajstić information content (AvgIpc) is 3.31. The van der Waals surface area contributed by atoms with Gasteiger partial charge >= 0.3 is 6.18 Å². The van der Waals surface area contributed by atoms with E-state index in [2.05, 4.69) is 14.7 Å². The molecule has 2 atom stereocenters. The SMILES string of the molecule is O=S(=O)(Nc1ncns1)c1cc(F)c(OC[C@H]2CNCC[C@@H]2c2ccc(F)c(C(F)(F)F)c2)cc1F. The van der Waals surface area contributed by atoms with Crippen molar-refractivity contribution in [2.75, 3.05) is 24.4 Å². The van der Waals surface area contributed by atoms with Crippen molar-refractivity contribution in [2.45, 2.75) is 23.4 Å². The van der Waals surface area contributed by atoms with E-state index in [1.165, 1.54) is 6.07 Å². The van der Waals surface area contributed by atoms with Gasteiger partial charge in [0.1, 0.15) is 22.9 Å². The van der Waals surface area contributed by atoms with Gasteiger partial charge in [0.15, 0.2) is 11.6 Å². The summed E-state index contributed by atoms with van der Waals surface area (Å²) in [5.74, 6) is -5.33. The summed E-state index contributed by atoms with van der Waals surface area (Å²) in [5.41, 5.74) is -1.14. The number of nitrogens with one attached hydrogen (secondary N) is 2. The molecule has 1 aliphatic heterocycles. The Morgan fingerprint density at radius 3 is 2.58 bits per heavy atom. The molecule has 2 N–H and O–H groups in total. The molecule has 1 aromatic heterocycles. The monoisotopic (exact) mass is 552 g/mol. The first-order valence-corrected chi connectivity index (χ1v) is 12.7. The van der Waals surface area contributed by atoms with Crippen LogP contribution >= 0.6 is 11.5 Å². The van der Waals surface area contributed by atoms with Gasteiger partial charge in [-0.3, -0.25) is 4.72 Å². The number of hydrogen-bond donors (Lipinski definition) is 2. The highest BCUT2D eigenvalue weighted by atomic mass is 32.2. The Bertz CT molecular complexity index is 1340. The zero-order chi connectivity index (χ0) is 26.1. The molecule has 36 heavy (non-hydrogen) atoms. The molecule has 0 saturated carbocycles. The van der Waals surface area contributed by atoms with Gasteiger partial charge < -0.3 is 10.1 Å². The van der Waals surface area contributed by atoms with Crippen LogP contribution in [0.4, 0.5) is 31.5 Å². The first-order valence-electron chi connectivity index (χ1n) is 10.4. The number of ether oxygens (including phenoxy) is 1. The fraction of sp³-hybridized carbons (Fsp3) is 0.333. The lowest BCUT2D eigenvalue weighted by Gasteiger charge is -2.33. The maximum absolute atomic E-state index is 14.7. The standard InChI is InChI=1S/C21H18F6N4O3S2/c22-15-2-1-11(5-14(15)21(25,26)27)13-3-4-28-8-12(13)9-34-18-6-17(24)19(7-16(18)23)36(32,33)31-20-29-10-30-35-20/h1-2,5-7,10,12-13,28H,3-4,8-9H2,(H,29,30,31)/t12-,13-/m1/s1. The van der Waals surface area contributed by atoms with Gasteiger partial charge in [0.2, 0.25) is 5.13 Å². The van der Waals surface area contributed by atoms with E-state index in [0.29, 0.717) is 43.2 Å². The molecule has 0 unspecified atom stereocenters. The van der Waals surface area contributed by atoms with E-state index in [0.717, 1.165) is 18.5 Å². The zero-order valence-electron chi connectivity index (χ0n) is 18.2. The molecule has 1 saturated heterocycles. The Kier molecular flexibility index (Phi) is 7.43. The lowest BCUT2D eigenvalue weighted by atomic mass is 9.81. The van der Waals surface area contributed by atoms with Gasteiger partial charge in [-0.05, 0) is 36.6 Å². The Labute approximate surface area is 205 Å². The third-order valence-corrected chi connectivity index (χ3v) is 7.71. The molecule has 0 spiro atoms. The number of anilines is 1. The second-order valence-electron chi connectivity index (χ2n) is 7.97. The minimum absolute atomic E-state index is 0.138. The van der Waals surface area contributed by atoms with Crippen LogP contribution in [0.1, 0.15) is 23.5 Å². The third-order valence-electron chi connectivity index (χ3n) is 5.64. The average molecular weight is 553 g/mol. The number of alkyl halides is 3. The van der Waals surface area contributed by atoms with Gasteiger partial charge in [-0.25, -0.2) is 26.6 Å². The van der Waals surface area contributed by atoms with Gasteiger partial charge in [-0.15, -0.1) is 0 Å². The Balaban J connectivity index is 1.52. The predicted octanol–water partition coefficient (Wildman–Crippen LogP) is 4.55. The summed E-state index contributed by atoms with van der Waals surface area (Å²) in [6, 6.07) is 3.80. The summed E-state index contributed by atoms with van der Waals surface area (Å²) in [4.78, 5) is 2.65. The topological polar surface area (TPSA) is 93.2 Å². The van der Waals surface area contributed by atoms with Crippen molar-refractivity contribution in [3.63, 3.8) is 0 Å². The minimum Gasteiger partial charge on any atom is -0.490 e. The highest BCUT2D eigenvalue weighted by molar-refractivity contribution is 7.93. The first-order chi connectivity index (χ1) is 17.0. The van der Waals surface area contributed by atoms with Crippen LogP contribution < -0.4 is 14.8 Å². The molecular formula is C21H18F6N4O3S2. The lowest BCUT2D eigenvalue weighted by Crippen LogP contribution is -2.38. The normalized spacial score (nSPS) is 18.7. The van der Waals surface area contributed by atoms with Crippen LogP contribution in [0.25, 0.3) is 0 Å². The van der Waals surface area contributed by atoms with E-state index in [4.69, 9.17) is 4.74 Å². The van der Waals surface area contributed by atoms with Crippen LogP contribution in [0.3, 0.4) is 0 Å². The number of sulfonamides is 1. The number of halogens is 6. The quantitative estimate of drug-likeness (QED) is 0.418. The predicted molar refractivity (Wildman–Crippen MR) is 118 cm³/mol. The summed E-state index contributed by atoms with van der Waals surface area (Å²) in [5, 5.41) is 2.92. The fourth-order valence-electron chi connectivity index (χ4n) is 3.94.